The van der Waals surface area contributed by atoms with E-state index in [4.69, 9.17) is 15.7 Å². The zero-order chi connectivity index (χ0) is 23.1. The number of hydrogen-bond acceptors (Lipinski definition) is 6. The number of rotatable bonds is 6. The smallest absolute Gasteiger partial charge is 0.423 e. The Hall–Kier alpha value is -3.69. The number of carbonyl (C=O) groups excluding carboxylic acids is 1. The Balaban J connectivity index is 1.56. The van der Waals surface area contributed by atoms with Crippen molar-refractivity contribution < 1.29 is 14.8 Å². The number of nitrogens with zero attached hydrogens (tertiary/aromatic N) is 3. The SMILES string of the molecule is Cc1cc2c(C(N)=O)cccc2n1-c1nc2c(c(NCc3cccc(B(O)O)c3)n1)CCC2. The number of aryl methyl sites for hydroxylation is 2. The van der Waals surface area contributed by atoms with Gasteiger partial charge in [-0.15, -0.1) is 0 Å². The molecule has 8 nitrogen and oxygen atoms in total. The zero-order valence-electron chi connectivity index (χ0n) is 18.2. The van der Waals surface area contributed by atoms with Gasteiger partial charge in [0.15, 0.2) is 0 Å². The van der Waals surface area contributed by atoms with E-state index in [9.17, 15) is 14.8 Å². The summed E-state index contributed by atoms with van der Waals surface area (Å²) in [6.45, 7) is 2.45. The largest absolute Gasteiger partial charge is 0.488 e. The van der Waals surface area contributed by atoms with E-state index >= 15 is 0 Å². The highest BCUT2D eigenvalue weighted by molar-refractivity contribution is 6.58. The Morgan fingerprint density at radius 1 is 1.15 bits per heavy atom. The molecule has 0 bridgehead atoms. The molecule has 166 valence electrons. The van der Waals surface area contributed by atoms with Crippen LogP contribution in [-0.2, 0) is 19.4 Å². The van der Waals surface area contributed by atoms with E-state index in [1.807, 2.05) is 35.8 Å². The van der Waals surface area contributed by atoms with Crippen LogP contribution in [-0.4, -0.2) is 37.6 Å². The third-order valence-corrected chi connectivity index (χ3v) is 6.13. The van der Waals surface area contributed by atoms with Gasteiger partial charge in [-0.3, -0.25) is 9.36 Å². The molecule has 2 heterocycles. The summed E-state index contributed by atoms with van der Waals surface area (Å²) < 4.78 is 1.95. The van der Waals surface area contributed by atoms with E-state index in [-0.39, 0.29) is 0 Å². The van der Waals surface area contributed by atoms with Gasteiger partial charge in [0.2, 0.25) is 11.9 Å². The molecular weight excluding hydrogens is 417 g/mol. The first kappa shape index (κ1) is 21.2. The first-order valence-electron chi connectivity index (χ1n) is 10.9. The molecule has 33 heavy (non-hydrogen) atoms. The zero-order valence-corrected chi connectivity index (χ0v) is 18.2. The minimum Gasteiger partial charge on any atom is -0.423 e. The predicted octanol–water partition coefficient (Wildman–Crippen LogP) is 1.61. The monoisotopic (exact) mass is 441 g/mol. The standard InChI is InChI=1S/C24H24BN5O3/c1-14-11-19-17(22(26)31)7-4-10-21(19)30(14)24-28-20-9-3-8-18(20)23(29-24)27-13-15-5-2-6-16(12-15)25(32)33/h2,4-7,10-12,32-33H,3,8-9,13H2,1H3,(H2,26,31)(H,27,28,29). The fourth-order valence-corrected chi connectivity index (χ4v) is 4.56. The molecule has 0 fully saturated rings. The first-order valence-corrected chi connectivity index (χ1v) is 10.9. The fourth-order valence-electron chi connectivity index (χ4n) is 4.56. The van der Waals surface area contributed by atoms with E-state index in [0.717, 1.165) is 58.5 Å². The van der Waals surface area contributed by atoms with Crippen LogP contribution in [0.2, 0.25) is 0 Å². The van der Waals surface area contributed by atoms with Crippen LogP contribution in [0.1, 0.15) is 39.3 Å². The lowest BCUT2D eigenvalue weighted by molar-refractivity contribution is 0.100. The van der Waals surface area contributed by atoms with Crippen molar-refractivity contribution in [2.75, 3.05) is 5.32 Å². The summed E-state index contributed by atoms with van der Waals surface area (Å²) in [4.78, 5) is 21.6. The van der Waals surface area contributed by atoms with Crippen molar-refractivity contribution in [3.8, 4) is 5.95 Å². The lowest BCUT2D eigenvalue weighted by Crippen LogP contribution is -2.30. The summed E-state index contributed by atoms with van der Waals surface area (Å²) in [7, 11) is -1.50. The number of aromatic nitrogens is 3. The summed E-state index contributed by atoms with van der Waals surface area (Å²) in [6, 6.07) is 14.6. The number of primary amides is 1. The van der Waals surface area contributed by atoms with Crippen molar-refractivity contribution in [3.05, 3.63) is 76.6 Å². The molecule has 0 atom stereocenters. The summed E-state index contributed by atoms with van der Waals surface area (Å²) >= 11 is 0. The maximum atomic E-state index is 11.9. The number of hydrogen-bond donors (Lipinski definition) is 4. The van der Waals surface area contributed by atoms with Gasteiger partial charge in [0.1, 0.15) is 5.82 Å². The van der Waals surface area contributed by atoms with Crippen molar-refractivity contribution in [1.82, 2.24) is 14.5 Å². The average Bonchev–Trinajstić information content (AvgIpc) is 3.40. The van der Waals surface area contributed by atoms with Crippen molar-refractivity contribution in [1.29, 1.82) is 0 Å². The van der Waals surface area contributed by atoms with Crippen molar-refractivity contribution in [3.63, 3.8) is 0 Å². The highest BCUT2D eigenvalue weighted by Crippen LogP contribution is 2.30. The average molecular weight is 441 g/mol. The molecule has 0 radical (unpaired) electrons. The van der Waals surface area contributed by atoms with Gasteiger partial charge in [-0.05, 0) is 55.4 Å². The van der Waals surface area contributed by atoms with Gasteiger partial charge in [-0.2, -0.15) is 4.98 Å². The van der Waals surface area contributed by atoms with Crippen LogP contribution < -0.4 is 16.5 Å². The van der Waals surface area contributed by atoms with E-state index in [1.165, 1.54) is 0 Å². The molecule has 1 amide bonds. The number of nitrogens with one attached hydrogen (secondary N) is 1. The van der Waals surface area contributed by atoms with Gasteiger partial charge in [-0.25, -0.2) is 4.98 Å². The van der Waals surface area contributed by atoms with Crippen LogP contribution in [0.3, 0.4) is 0 Å². The van der Waals surface area contributed by atoms with Crippen LogP contribution in [0.15, 0.2) is 48.5 Å². The lowest BCUT2D eigenvalue weighted by atomic mass is 9.79. The summed E-state index contributed by atoms with van der Waals surface area (Å²) in [5.74, 6) is 0.853. The third kappa shape index (κ3) is 3.86. The van der Waals surface area contributed by atoms with Gasteiger partial charge < -0.3 is 21.1 Å². The molecule has 5 N–H and O–H groups in total. The number of carbonyl (C=O) groups is 1. The van der Waals surface area contributed by atoms with Crippen LogP contribution >= 0.6 is 0 Å². The second-order valence-corrected chi connectivity index (χ2v) is 8.35. The number of anilines is 1. The van der Waals surface area contributed by atoms with Crippen molar-refractivity contribution in [2.24, 2.45) is 5.73 Å². The number of amides is 1. The molecule has 0 unspecified atom stereocenters. The quantitative estimate of drug-likeness (QED) is 0.337. The van der Waals surface area contributed by atoms with Crippen LogP contribution in [0.5, 0.6) is 0 Å². The number of benzene rings is 2. The van der Waals surface area contributed by atoms with Gasteiger partial charge in [0, 0.05) is 28.8 Å². The van der Waals surface area contributed by atoms with E-state index < -0.39 is 13.0 Å². The Labute approximate surface area is 191 Å². The van der Waals surface area contributed by atoms with Gasteiger partial charge in [-0.1, -0.05) is 30.3 Å². The Bertz CT molecular complexity index is 1380. The molecule has 4 aromatic rings. The molecule has 2 aromatic heterocycles. The van der Waals surface area contributed by atoms with Crippen LogP contribution in [0.4, 0.5) is 5.82 Å². The second-order valence-electron chi connectivity index (χ2n) is 8.35. The molecule has 0 saturated heterocycles. The highest BCUT2D eigenvalue weighted by Gasteiger charge is 2.22. The Morgan fingerprint density at radius 3 is 2.76 bits per heavy atom. The maximum absolute atomic E-state index is 11.9. The van der Waals surface area contributed by atoms with Crippen molar-refractivity contribution in [2.45, 2.75) is 32.7 Å². The molecule has 1 aliphatic carbocycles. The topological polar surface area (TPSA) is 126 Å². The van der Waals surface area contributed by atoms with Crippen LogP contribution in [0, 0.1) is 6.92 Å². The van der Waals surface area contributed by atoms with E-state index in [1.54, 1.807) is 24.3 Å². The van der Waals surface area contributed by atoms with Crippen molar-refractivity contribution >= 4 is 35.2 Å². The van der Waals surface area contributed by atoms with E-state index in [0.29, 0.717) is 23.5 Å². The highest BCUT2D eigenvalue weighted by atomic mass is 16.4. The minimum absolute atomic E-state index is 0.447. The molecule has 5 rings (SSSR count). The summed E-state index contributed by atoms with van der Waals surface area (Å²) in [6.07, 6.45) is 2.81. The molecule has 9 heteroatoms. The number of nitrogens with two attached hydrogens (primary N) is 1. The Morgan fingerprint density at radius 2 is 1.97 bits per heavy atom. The normalized spacial score (nSPS) is 12.7. The maximum Gasteiger partial charge on any atom is 0.488 e. The molecule has 0 spiro atoms. The van der Waals surface area contributed by atoms with Crippen LogP contribution in [0.25, 0.3) is 16.9 Å². The second kappa shape index (κ2) is 8.34. The third-order valence-electron chi connectivity index (χ3n) is 6.13. The van der Waals surface area contributed by atoms with E-state index in [2.05, 4.69) is 5.32 Å². The predicted molar refractivity (Wildman–Crippen MR) is 128 cm³/mol. The van der Waals surface area contributed by atoms with Gasteiger partial charge >= 0.3 is 7.12 Å². The van der Waals surface area contributed by atoms with Gasteiger partial charge in [0.25, 0.3) is 0 Å². The molecule has 0 saturated carbocycles. The molecule has 1 aliphatic rings. The first-order chi connectivity index (χ1) is 15.9. The number of fused-ring (bicyclic) bond motifs is 2. The summed E-state index contributed by atoms with van der Waals surface area (Å²) in [5, 5.41) is 23.1. The Kier molecular flexibility index (Phi) is 5.35. The fraction of sp³-hybridized carbons (Fsp3) is 0.208. The van der Waals surface area contributed by atoms with Gasteiger partial charge in [0.05, 0.1) is 11.2 Å². The summed E-state index contributed by atoms with van der Waals surface area (Å²) in [5.41, 5.74) is 11.3. The molecular formula is C24H24BN5O3. The lowest BCUT2D eigenvalue weighted by Gasteiger charge is -2.15. The molecule has 0 aliphatic heterocycles. The molecule has 2 aromatic carbocycles. The minimum atomic E-state index is -1.50.